The summed E-state index contributed by atoms with van der Waals surface area (Å²) in [5.74, 6) is -0.297. The van der Waals surface area contributed by atoms with Crippen molar-refractivity contribution in [2.45, 2.75) is 64.7 Å². The molecule has 2 heterocycles. The average Bonchev–Trinajstić information content (AvgIpc) is 3.76. The van der Waals surface area contributed by atoms with Crippen molar-refractivity contribution in [3.63, 3.8) is 0 Å². The Morgan fingerprint density at radius 1 is 1.07 bits per heavy atom. The fourth-order valence-corrected chi connectivity index (χ4v) is 5.27. The van der Waals surface area contributed by atoms with Gasteiger partial charge in [-0.15, -0.1) is 0 Å². The Kier molecular flexibility index (Phi) is 10.4. The molecule has 0 spiro atoms. The highest BCUT2D eigenvalue weighted by Gasteiger charge is 2.37. The number of methoxy groups -OCH3 is 1. The van der Waals surface area contributed by atoms with E-state index in [9.17, 15) is 18.0 Å². The molecule has 11 heteroatoms. The Morgan fingerprint density at radius 2 is 1.74 bits per heavy atom. The second kappa shape index (κ2) is 13.8. The van der Waals surface area contributed by atoms with Gasteiger partial charge in [-0.3, -0.25) is 0 Å². The van der Waals surface area contributed by atoms with Crippen molar-refractivity contribution >= 4 is 29.2 Å². The summed E-state index contributed by atoms with van der Waals surface area (Å²) in [7, 11) is 1.27. The number of benzene rings is 2. The van der Waals surface area contributed by atoms with Crippen LogP contribution in [-0.2, 0) is 23.9 Å². The molecule has 2 aromatic heterocycles. The van der Waals surface area contributed by atoms with E-state index in [1.165, 1.54) is 19.2 Å². The number of carbonyl (C=O) groups is 1. The second-order valence-corrected chi connectivity index (χ2v) is 10.7. The summed E-state index contributed by atoms with van der Waals surface area (Å²) in [6.07, 6.45) is -2.86. The van der Waals surface area contributed by atoms with E-state index in [0.29, 0.717) is 43.8 Å². The normalized spacial score (nSPS) is 13.6. The van der Waals surface area contributed by atoms with Gasteiger partial charge in [0.05, 0.1) is 28.3 Å². The summed E-state index contributed by atoms with van der Waals surface area (Å²) in [4.78, 5) is 15.7. The van der Waals surface area contributed by atoms with Crippen LogP contribution in [0.5, 0.6) is 5.88 Å². The van der Waals surface area contributed by atoms with Crippen molar-refractivity contribution < 1.29 is 32.0 Å². The van der Waals surface area contributed by atoms with Gasteiger partial charge in [-0.1, -0.05) is 73.4 Å². The number of rotatable bonds is 9. The van der Waals surface area contributed by atoms with E-state index < -0.39 is 17.8 Å². The zero-order valence-electron chi connectivity index (χ0n) is 24.1. The smallest absolute Gasteiger partial charge is 0.433 e. The summed E-state index contributed by atoms with van der Waals surface area (Å²) in [5.41, 5.74) is 1.42. The number of hydrogen-bond acceptors (Lipinski definition) is 6. The lowest BCUT2D eigenvalue weighted by Crippen LogP contribution is -2.15. The van der Waals surface area contributed by atoms with Crippen LogP contribution in [0.3, 0.4) is 0 Å². The number of pyridine rings is 1. The summed E-state index contributed by atoms with van der Waals surface area (Å²) < 4.78 is 58.5. The van der Waals surface area contributed by atoms with Crippen molar-refractivity contribution in [2.75, 3.05) is 7.11 Å². The second-order valence-electron chi connectivity index (χ2n) is 9.91. The van der Waals surface area contributed by atoms with Gasteiger partial charge in [-0.25, -0.2) is 9.78 Å². The van der Waals surface area contributed by atoms with Crippen molar-refractivity contribution in [1.82, 2.24) is 10.1 Å². The number of ether oxygens (including phenoxy) is 2. The highest BCUT2D eigenvalue weighted by Crippen LogP contribution is 2.46. The number of hydrogen-bond donors (Lipinski definition) is 0. The highest BCUT2D eigenvalue weighted by atomic mass is 35.5. The maximum Gasteiger partial charge on any atom is 0.433 e. The topological polar surface area (TPSA) is 74.5 Å². The molecule has 1 saturated carbocycles. The summed E-state index contributed by atoms with van der Waals surface area (Å²) in [6.45, 7) is 5.65. The largest absolute Gasteiger partial charge is 0.473 e. The van der Waals surface area contributed by atoms with Crippen LogP contribution in [0.25, 0.3) is 11.3 Å². The maximum atomic E-state index is 14.1. The Morgan fingerprint density at radius 3 is 2.37 bits per heavy atom. The number of nitrogens with zero attached hydrogens (tertiary/aromatic N) is 2. The number of aromatic nitrogens is 2. The van der Waals surface area contributed by atoms with E-state index in [-0.39, 0.29) is 36.3 Å². The molecule has 1 atom stereocenters. The third-order valence-corrected chi connectivity index (χ3v) is 7.59. The van der Waals surface area contributed by atoms with E-state index in [0.717, 1.165) is 12.8 Å². The molecule has 6 nitrogen and oxygen atoms in total. The van der Waals surface area contributed by atoms with Crippen LogP contribution in [0.4, 0.5) is 13.2 Å². The third kappa shape index (κ3) is 7.51. The molecule has 0 amide bonds. The lowest BCUT2D eigenvalue weighted by atomic mass is 9.92. The highest BCUT2D eigenvalue weighted by molar-refractivity contribution is 6.39. The summed E-state index contributed by atoms with van der Waals surface area (Å²) >= 11 is 12.8. The van der Waals surface area contributed by atoms with Crippen LogP contribution >= 0.6 is 23.2 Å². The van der Waals surface area contributed by atoms with Crippen LogP contribution in [0, 0.1) is 0 Å². The molecule has 0 radical (unpaired) electrons. The molecule has 2 aromatic carbocycles. The first-order chi connectivity index (χ1) is 20.6. The maximum absolute atomic E-state index is 14.1. The Balaban J connectivity index is 0.00000207. The van der Waals surface area contributed by atoms with Crippen LogP contribution in [0.15, 0.2) is 59.1 Å². The van der Waals surface area contributed by atoms with E-state index in [1.807, 2.05) is 13.8 Å². The molecule has 1 aliphatic rings. The standard InChI is InChI=1S/C30H25Cl2F3N2O4.C2H6/c1-16(18-5-3-6-20(14-18)29(38)39-2)13-19-11-12-24(36-28(19)30(33,34)35)40-15-21-26(37-41-27(21)17-9-10-17)25-22(31)7-4-8-23(25)32;1-2/h3-8,11-12,14,16-17H,9-10,13,15H2,1-2H3;1-2H3. The predicted molar refractivity (Wildman–Crippen MR) is 159 cm³/mol. The minimum absolute atomic E-state index is 0.00741. The van der Waals surface area contributed by atoms with E-state index in [4.69, 9.17) is 37.2 Å². The fourth-order valence-electron chi connectivity index (χ4n) is 4.69. The van der Waals surface area contributed by atoms with Gasteiger partial charge in [-0.2, -0.15) is 13.2 Å². The number of alkyl halides is 3. The van der Waals surface area contributed by atoms with Gasteiger partial charge in [0.2, 0.25) is 5.88 Å². The molecule has 1 aliphatic carbocycles. The molecular formula is C32H31Cl2F3N2O4. The van der Waals surface area contributed by atoms with Crippen LogP contribution in [-0.4, -0.2) is 23.2 Å². The van der Waals surface area contributed by atoms with Gasteiger partial charge in [0.25, 0.3) is 0 Å². The van der Waals surface area contributed by atoms with E-state index in [2.05, 4.69) is 10.1 Å². The molecule has 1 unspecified atom stereocenters. The molecule has 0 bridgehead atoms. The number of halogens is 5. The van der Waals surface area contributed by atoms with Crippen molar-refractivity contribution in [2.24, 2.45) is 0 Å². The van der Waals surface area contributed by atoms with Gasteiger partial charge in [-0.05, 0) is 60.6 Å². The summed E-state index contributed by atoms with van der Waals surface area (Å²) in [6, 6.07) is 14.5. The predicted octanol–water partition coefficient (Wildman–Crippen LogP) is 9.68. The lowest BCUT2D eigenvalue weighted by Gasteiger charge is -2.18. The van der Waals surface area contributed by atoms with Crippen molar-refractivity contribution in [1.29, 1.82) is 0 Å². The lowest BCUT2D eigenvalue weighted by molar-refractivity contribution is -0.142. The molecule has 4 aromatic rings. The number of carbonyl (C=O) groups excluding carboxylic acids is 1. The zero-order chi connectivity index (χ0) is 31.3. The first-order valence-corrected chi connectivity index (χ1v) is 14.6. The number of esters is 1. The first-order valence-electron chi connectivity index (χ1n) is 13.9. The molecule has 5 rings (SSSR count). The third-order valence-electron chi connectivity index (χ3n) is 6.96. The van der Waals surface area contributed by atoms with Gasteiger partial charge >= 0.3 is 12.1 Å². The summed E-state index contributed by atoms with van der Waals surface area (Å²) in [5, 5.41) is 4.91. The molecule has 0 N–H and O–H groups in total. The quantitative estimate of drug-likeness (QED) is 0.171. The minimum atomic E-state index is -4.71. The van der Waals surface area contributed by atoms with E-state index in [1.54, 1.807) is 49.4 Å². The van der Waals surface area contributed by atoms with Gasteiger partial charge in [0.1, 0.15) is 18.1 Å². The van der Waals surface area contributed by atoms with Crippen molar-refractivity contribution in [3.05, 3.63) is 98.4 Å². The minimum Gasteiger partial charge on any atom is -0.473 e. The monoisotopic (exact) mass is 634 g/mol. The van der Waals surface area contributed by atoms with Crippen molar-refractivity contribution in [3.8, 4) is 17.1 Å². The van der Waals surface area contributed by atoms with Gasteiger partial charge in [0, 0.05) is 17.5 Å². The fraction of sp³-hybridized carbons (Fsp3) is 0.344. The molecule has 0 aliphatic heterocycles. The van der Waals surface area contributed by atoms with Crippen LogP contribution < -0.4 is 4.74 Å². The first kappa shape index (κ1) is 32.4. The van der Waals surface area contributed by atoms with Gasteiger partial charge in [0.15, 0.2) is 5.69 Å². The zero-order valence-corrected chi connectivity index (χ0v) is 25.6. The van der Waals surface area contributed by atoms with Crippen LogP contribution in [0.1, 0.15) is 84.0 Å². The van der Waals surface area contributed by atoms with Crippen LogP contribution in [0.2, 0.25) is 10.0 Å². The van der Waals surface area contributed by atoms with Gasteiger partial charge < -0.3 is 14.0 Å². The Labute approximate surface area is 258 Å². The Hall–Kier alpha value is -3.56. The molecule has 228 valence electrons. The van der Waals surface area contributed by atoms with E-state index >= 15 is 0 Å². The molecule has 0 saturated heterocycles. The molecule has 1 fully saturated rings. The molecular weight excluding hydrogens is 604 g/mol. The Bertz CT molecular complexity index is 1570. The SMILES string of the molecule is CC.COC(=O)c1cccc(C(C)Cc2ccc(OCc3c(-c4c(Cl)cccc4Cl)noc3C3CC3)nc2C(F)(F)F)c1. The average molecular weight is 636 g/mol. The molecule has 43 heavy (non-hydrogen) atoms.